The van der Waals surface area contributed by atoms with Crippen LogP contribution in [0.2, 0.25) is 0 Å². The van der Waals surface area contributed by atoms with Gasteiger partial charge in [-0.15, -0.1) is 0 Å². The Morgan fingerprint density at radius 1 is 1.52 bits per heavy atom. The third-order valence-electron chi connectivity index (χ3n) is 3.99. The first kappa shape index (κ1) is 15.8. The second kappa shape index (κ2) is 6.94. The van der Waals surface area contributed by atoms with Crippen molar-refractivity contribution in [2.24, 2.45) is 0 Å². The predicted molar refractivity (Wildman–Crippen MR) is 82.7 cm³/mol. The van der Waals surface area contributed by atoms with Gasteiger partial charge in [-0.3, -0.25) is 4.79 Å². The van der Waals surface area contributed by atoms with Crippen LogP contribution in [0.3, 0.4) is 0 Å². The van der Waals surface area contributed by atoms with E-state index in [0.717, 1.165) is 30.7 Å². The van der Waals surface area contributed by atoms with Crippen LogP contribution in [0.25, 0.3) is 0 Å². The summed E-state index contributed by atoms with van der Waals surface area (Å²) in [5, 5.41) is 9.58. The number of benzene rings is 1. The Balaban J connectivity index is 2.17. The maximum Gasteiger partial charge on any atom is 0.254 e. The lowest BCUT2D eigenvalue weighted by atomic mass is 10.1. The summed E-state index contributed by atoms with van der Waals surface area (Å²) >= 11 is 0. The molecule has 0 aromatic heterocycles. The SMILES string of the molecule is CCOc1cc(C(=O)N2CCCC2CC(C)O)ccc1C. The summed E-state index contributed by atoms with van der Waals surface area (Å²) in [4.78, 5) is 14.6. The van der Waals surface area contributed by atoms with Crippen LogP contribution in [0, 0.1) is 6.92 Å². The molecule has 0 aliphatic carbocycles. The van der Waals surface area contributed by atoms with Crippen LogP contribution in [0.5, 0.6) is 5.75 Å². The number of aliphatic hydroxyl groups excluding tert-OH is 1. The summed E-state index contributed by atoms with van der Waals surface area (Å²) in [6.07, 6.45) is 2.25. The Kier molecular flexibility index (Phi) is 5.23. The highest BCUT2D eigenvalue weighted by atomic mass is 16.5. The molecule has 2 unspecified atom stereocenters. The molecule has 0 bridgehead atoms. The summed E-state index contributed by atoms with van der Waals surface area (Å²) in [7, 11) is 0. The molecule has 1 fully saturated rings. The van der Waals surface area contributed by atoms with E-state index in [4.69, 9.17) is 4.74 Å². The highest BCUT2D eigenvalue weighted by Crippen LogP contribution is 2.26. The summed E-state index contributed by atoms with van der Waals surface area (Å²) in [6.45, 7) is 7.05. The number of carbonyl (C=O) groups is 1. The highest BCUT2D eigenvalue weighted by molar-refractivity contribution is 5.95. The van der Waals surface area contributed by atoms with Gasteiger partial charge >= 0.3 is 0 Å². The van der Waals surface area contributed by atoms with E-state index in [2.05, 4.69) is 0 Å². The fourth-order valence-electron chi connectivity index (χ4n) is 2.95. The minimum Gasteiger partial charge on any atom is -0.494 e. The third-order valence-corrected chi connectivity index (χ3v) is 3.99. The molecule has 1 saturated heterocycles. The van der Waals surface area contributed by atoms with Crippen molar-refractivity contribution in [3.8, 4) is 5.75 Å². The number of rotatable bonds is 5. The lowest BCUT2D eigenvalue weighted by Gasteiger charge is -2.26. The molecule has 1 aliphatic rings. The highest BCUT2D eigenvalue weighted by Gasteiger charge is 2.30. The first-order valence-electron chi connectivity index (χ1n) is 7.75. The quantitative estimate of drug-likeness (QED) is 0.907. The molecule has 0 radical (unpaired) electrons. The minimum absolute atomic E-state index is 0.0408. The average molecular weight is 291 g/mol. The van der Waals surface area contributed by atoms with Crippen LogP contribution in [0.15, 0.2) is 18.2 Å². The van der Waals surface area contributed by atoms with Crippen LogP contribution < -0.4 is 4.74 Å². The van der Waals surface area contributed by atoms with Crippen LogP contribution >= 0.6 is 0 Å². The maximum atomic E-state index is 12.7. The zero-order valence-corrected chi connectivity index (χ0v) is 13.1. The summed E-state index contributed by atoms with van der Waals surface area (Å²) in [5.74, 6) is 0.814. The van der Waals surface area contributed by atoms with Gasteiger partial charge in [-0.25, -0.2) is 0 Å². The maximum absolute atomic E-state index is 12.7. The molecule has 21 heavy (non-hydrogen) atoms. The third kappa shape index (κ3) is 3.76. The standard InChI is InChI=1S/C17H25NO3/c1-4-21-16-11-14(8-7-12(16)2)17(20)18-9-5-6-15(18)10-13(3)19/h7-8,11,13,15,19H,4-6,9-10H2,1-3H3. The number of nitrogens with zero attached hydrogens (tertiary/aromatic N) is 1. The number of aliphatic hydroxyl groups is 1. The van der Waals surface area contributed by atoms with Gasteiger partial charge in [0.1, 0.15) is 5.75 Å². The zero-order chi connectivity index (χ0) is 15.4. The van der Waals surface area contributed by atoms with Crippen molar-refractivity contribution in [2.45, 2.75) is 52.2 Å². The normalized spacial score (nSPS) is 19.6. The average Bonchev–Trinajstić information content (AvgIpc) is 2.88. The van der Waals surface area contributed by atoms with E-state index in [9.17, 15) is 9.90 Å². The van der Waals surface area contributed by atoms with Crippen molar-refractivity contribution in [3.63, 3.8) is 0 Å². The summed E-state index contributed by atoms with van der Waals surface area (Å²) in [6, 6.07) is 5.77. The molecule has 1 aromatic carbocycles. The molecule has 4 heteroatoms. The van der Waals surface area contributed by atoms with Gasteiger partial charge < -0.3 is 14.7 Å². The molecular weight excluding hydrogens is 266 g/mol. The van der Waals surface area contributed by atoms with Crippen molar-refractivity contribution >= 4 is 5.91 Å². The summed E-state index contributed by atoms with van der Waals surface area (Å²) in [5.41, 5.74) is 1.71. The van der Waals surface area contributed by atoms with Gasteiger partial charge in [0, 0.05) is 18.2 Å². The van der Waals surface area contributed by atoms with E-state index < -0.39 is 0 Å². The lowest BCUT2D eigenvalue weighted by molar-refractivity contribution is 0.0681. The van der Waals surface area contributed by atoms with Crippen LogP contribution in [0.1, 0.15) is 49.0 Å². The lowest BCUT2D eigenvalue weighted by Crippen LogP contribution is -2.37. The van der Waals surface area contributed by atoms with E-state index in [1.165, 1.54) is 0 Å². The minimum atomic E-state index is -0.375. The Hall–Kier alpha value is -1.55. The second-order valence-corrected chi connectivity index (χ2v) is 5.79. The Bertz CT molecular complexity index is 499. The molecule has 0 spiro atoms. The Morgan fingerprint density at radius 3 is 2.95 bits per heavy atom. The van der Waals surface area contributed by atoms with E-state index >= 15 is 0 Å². The molecule has 1 N–H and O–H groups in total. The van der Waals surface area contributed by atoms with Gasteiger partial charge in [-0.2, -0.15) is 0 Å². The van der Waals surface area contributed by atoms with Gasteiger partial charge in [-0.1, -0.05) is 6.07 Å². The Labute approximate surface area is 126 Å². The van der Waals surface area contributed by atoms with Crippen LogP contribution in [-0.2, 0) is 0 Å². The second-order valence-electron chi connectivity index (χ2n) is 5.79. The number of amides is 1. The molecule has 0 saturated carbocycles. The van der Waals surface area contributed by atoms with Gasteiger partial charge in [0.15, 0.2) is 0 Å². The number of hydrogen-bond donors (Lipinski definition) is 1. The van der Waals surface area contributed by atoms with Crippen LogP contribution in [-0.4, -0.2) is 41.2 Å². The van der Waals surface area contributed by atoms with Gasteiger partial charge in [-0.05, 0) is 57.7 Å². The molecule has 4 nitrogen and oxygen atoms in total. The first-order chi connectivity index (χ1) is 10.0. The van der Waals surface area contributed by atoms with Crippen molar-refractivity contribution < 1.29 is 14.6 Å². The van der Waals surface area contributed by atoms with Crippen molar-refractivity contribution in [2.75, 3.05) is 13.2 Å². The zero-order valence-electron chi connectivity index (χ0n) is 13.1. The van der Waals surface area contributed by atoms with Crippen molar-refractivity contribution in [1.29, 1.82) is 0 Å². The number of carbonyl (C=O) groups excluding carboxylic acids is 1. The fraction of sp³-hybridized carbons (Fsp3) is 0.588. The smallest absolute Gasteiger partial charge is 0.254 e. The number of hydrogen-bond acceptors (Lipinski definition) is 3. The largest absolute Gasteiger partial charge is 0.494 e. The van der Waals surface area contributed by atoms with E-state index in [1.807, 2.05) is 36.9 Å². The first-order valence-corrected chi connectivity index (χ1v) is 7.75. The molecular formula is C17H25NO3. The topological polar surface area (TPSA) is 49.8 Å². The molecule has 116 valence electrons. The van der Waals surface area contributed by atoms with E-state index in [0.29, 0.717) is 18.6 Å². The van der Waals surface area contributed by atoms with Crippen molar-refractivity contribution in [3.05, 3.63) is 29.3 Å². The molecule has 1 aliphatic heterocycles. The molecule has 1 aromatic rings. The van der Waals surface area contributed by atoms with E-state index in [1.54, 1.807) is 6.92 Å². The van der Waals surface area contributed by atoms with Gasteiger partial charge in [0.05, 0.1) is 12.7 Å². The Morgan fingerprint density at radius 2 is 2.29 bits per heavy atom. The molecule has 1 amide bonds. The number of likely N-dealkylation sites (tertiary alicyclic amines) is 1. The fourth-order valence-corrected chi connectivity index (χ4v) is 2.95. The van der Waals surface area contributed by atoms with Gasteiger partial charge in [0.25, 0.3) is 5.91 Å². The number of ether oxygens (including phenoxy) is 1. The molecule has 2 rings (SSSR count). The molecule has 1 heterocycles. The molecule has 2 atom stereocenters. The van der Waals surface area contributed by atoms with E-state index in [-0.39, 0.29) is 18.1 Å². The van der Waals surface area contributed by atoms with Crippen molar-refractivity contribution in [1.82, 2.24) is 4.90 Å². The monoisotopic (exact) mass is 291 g/mol. The van der Waals surface area contributed by atoms with Crippen LogP contribution in [0.4, 0.5) is 0 Å². The van der Waals surface area contributed by atoms with Gasteiger partial charge in [0.2, 0.25) is 0 Å². The number of aryl methyl sites for hydroxylation is 1. The summed E-state index contributed by atoms with van der Waals surface area (Å²) < 4.78 is 5.57. The predicted octanol–water partition coefficient (Wildman–Crippen LogP) is 2.77.